The zero-order chi connectivity index (χ0) is 17.3. The van der Waals surface area contributed by atoms with Gasteiger partial charge >= 0.3 is 0 Å². The van der Waals surface area contributed by atoms with Gasteiger partial charge in [-0.05, 0) is 53.3 Å². The summed E-state index contributed by atoms with van der Waals surface area (Å²) in [6, 6.07) is 20.9. The van der Waals surface area contributed by atoms with Crippen LogP contribution >= 0.6 is 0 Å². The van der Waals surface area contributed by atoms with E-state index in [0.717, 1.165) is 28.1 Å². The lowest BCUT2D eigenvalue weighted by molar-refractivity contribution is 0.869. The zero-order valence-electron chi connectivity index (χ0n) is 14.5. The van der Waals surface area contributed by atoms with Crippen LogP contribution in [0.15, 0.2) is 60.7 Å². The van der Waals surface area contributed by atoms with Gasteiger partial charge in [0.1, 0.15) is 0 Å². The first-order valence-corrected chi connectivity index (χ1v) is 8.32. The van der Waals surface area contributed by atoms with Gasteiger partial charge in [0.05, 0.1) is 0 Å². The van der Waals surface area contributed by atoms with E-state index >= 15 is 0 Å². The van der Waals surface area contributed by atoms with E-state index in [1.165, 1.54) is 16.7 Å². The second kappa shape index (κ2) is 6.40. The topological polar surface area (TPSA) is 52.0 Å². The molecule has 0 aliphatic carbocycles. The lowest BCUT2D eigenvalue weighted by atomic mass is 9.90. The first-order valence-electron chi connectivity index (χ1n) is 8.32. The fourth-order valence-electron chi connectivity index (χ4n) is 3.15. The predicted octanol–water partition coefficient (Wildman–Crippen LogP) is 5.62. The van der Waals surface area contributed by atoms with Crippen LogP contribution in [0, 0.1) is 6.92 Å². The normalized spacial score (nSPS) is 11.0. The average molecular weight is 316 g/mol. The summed E-state index contributed by atoms with van der Waals surface area (Å²) in [6.07, 6.45) is 0. The minimum atomic E-state index is 0.464. The summed E-state index contributed by atoms with van der Waals surface area (Å²) in [7, 11) is 0. The molecule has 3 rings (SSSR count). The van der Waals surface area contributed by atoms with Gasteiger partial charge in [0.25, 0.3) is 0 Å². The van der Waals surface area contributed by atoms with Crippen LogP contribution in [0.25, 0.3) is 22.3 Å². The third-order valence-electron chi connectivity index (χ3n) is 4.44. The van der Waals surface area contributed by atoms with Crippen LogP contribution in [0.4, 0.5) is 11.4 Å². The standard InChI is InChI=1S/C22H24N2/c1-14(2)17-6-4-5-7-18(17)16-9-11-21(23)20(13-16)19-10-8-15(3)12-22(19)24/h4-14H,23-24H2,1-3H3. The number of rotatable bonds is 3. The van der Waals surface area contributed by atoms with Crippen LogP contribution in [-0.2, 0) is 0 Å². The van der Waals surface area contributed by atoms with E-state index in [4.69, 9.17) is 11.5 Å². The number of hydrogen-bond donors (Lipinski definition) is 2. The smallest absolute Gasteiger partial charge is 0.0397 e. The SMILES string of the molecule is Cc1ccc(-c2cc(-c3ccccc3C(C)C)ccc2N)c(N)c1. The van der Waals surface area contributed by atoms with Crippen LogP contribution in [-0.4, -0.2) is 0 Å². The predicted molar refractivity (Wildman–Crippen MR) is 105 cm³/mol. The number of benzene rings is 3. The number of anilines is 2. The molecule has 0 fully saturated rings. The van der Waals surface area contributed by atoms with Crippen molar-refractivity contribution in [3.63, 3.8) is 0 Å². The van der Waals surface area contributed by atoms with Crippen molar-refractivity contribution in [3.05, 3.63) is 71.8 Å². The van der Waals surface area contributed by atoms with E-state index in [1.807, 2.05) is 19.1 Å². The van der Waals surface area contributed by atoms with Gasteiger partial charge in [0.15, 0.2) is 0 Å². The molecule has 2 heteroatoms. The summed E-state index contributed by atoms with van der Waals surface area (Å²) < 4.78 is 0. The number of aryl methyl sites for hydroxylation is 1. The molecule has 0 aromatic heterocycles. The molecule has 0 aliphatic heterocycles. The molecule has 0 amide bonds. The van der Waals surface area contributed by atoms with Gasteiger partial charge in [0, 0.05) is 22.5 Å². The van der Waals surface area contributed by atoms with Gasteiger partial charge in [-0.3, -0.25) is 0 Å². The minimum absolute atomic E-state index is 0.464. The Morgan fingerprint density at radius 2 is 1.46 bits per heavy atom. The summed E-state index contributed by atoms with van der Waals surface area (Å²) in [5, 5.41) is 0. The fourth-order valence-corrected chi connectivity index (χ4v) is 3.15. The molecule has 3 aromatic carbocycles. The molecule has 0 aliphatic rings. The number of nitrogens with two attached hydrogens (primary N) is 2. The van der Waals surface area contributed by atoms with Crippen LogP contribution < -0.4 is 11.5 Å². The van der Waals surface area contributed by atoms with Gasteiger partial charge in [0.2, 0.25) is 0 Å². The molecule has 24 heavy (non-hydrogen) atoms. The van der Waals surface area contributed by atoms with E-state index in [9.17, 15) is 0 Å². The highest BCUT2D eigenvalue weighted by Gasteiger charge is 2.12. The molecule has 122 valence electrons. The Bertz CT molecular complexity index is 879. The first-order chi connectivity index (χ1) is 11.5. The summed E-state index contributed by atoms with van der Waals surface area (Å²) in [5.74, 6) is 0.464. The van der Waals surface area contributed by atoms with Crippen molar-refractivity contribution in [1.82, 2.24) is 0 Å². The Kier molecular flexibility index (Phi) is 4.30. The number of nitrogen functional groups attached to an aromatic ring is 2. The zero-order valence-corrected chi connectivity index (χ0v) is 14.5. The van der Waals surface area contributed by atoms with Crippen LogP contribution in [0.5, 0.6) is 0 Å². The second-order valence-electron chi connectivity index (χ2n) is 6.63. The third-order valence-corrected chi connectivity index (χ3v) is 4.44. The van der Waals surface area contributed by atoms with E-state index in [0.29, 0.717) is 5.92 Å². The molecular formula is C22H24N2. The van der Waals surface area contributed by atoms with E-state index in [1.54, 1.807) is 0 Å². The molecule has 2 nitrogen and oxygen atoms in total. The van der Waals surface area contributed by atoms with Crippen molar-refractivity contribution < 1.29 is 0 Å². The fraction of sp³-hybridized carbons (Fsp3) is 0.182. The maximum Gasteiger partial charge on any atom is 0.0397 e. The summed E-state index contributed by atoms with van der Waals surface area (Å²) in [5.41, 5.74) is 20.9. The molecular weight excluding hydrogens is 292 g/mol. The van der Waals surface area contributed by atoms with Gasteiger partial charge in [-0.2, -0.15) is 0 Å². The van der Waals surface area contributed by atoms with E-state index < -0.39 is 0 Å². The van der Waals surface area contributed by atoms with Crippen LogP contribution in [0.1, 0.15) is 30.9 Å². The Morgan fingerprint density at radius 3 is 2.17 bits per heavy atom. The van der Waals surface area contributed by atoms with Crippen molar-refractivity contribution in [2.75, 3.05) is 11.5 Å². The monoisotopic (exact) mass is 316 g/mol. The molecule has 0 atom stereocenters. The van der Waals surface area contributed by atoms with E-state index in [2.05, 4.69) is 62.4 Å². The van der Waals surface area contributed by atoms with E-state index in [-0.39, 0.29) is 0 Å². The summed E-state index contributed by atoms with van der Waals surface area (Å²) in [4.78, 5) is 0. The maximum absolute atomic E-state index is 6.25. The largest absolute Gasteiger partial charge is 0.398 e. The molecule has 0 saturated heterocycles. The Labute approximate surface area is 144 Å². The van der Waals surface area contributed by atoms with Gasteiger partial charge in [-0.15, -0.1) is 0 Å². The second-order valence-corrected chi connectivity index (χ2v) is 6.63. The maximum atomic E-state index is 6.25. The van der Waals surface area contributed by atoms with Crippen molar-refractivity contribution in [2.45, 2.75) is 26.7 Å². The van der Waals surface area contributed by atoms with Gasteiger partial charge in [-0.1, -0.05) is 56.3 Å². The molecule has 0 spiro atoms. The first kappa shape index (κ1) is 16.1. The van der Waals surface area contributed by atoms with Crippen molar-refractivity contribution in [1.29, 1.82) is 0 Å². The average Bonchev–Trinajstić information content (AvgIpc) is 2.56. The summed E-state index contributed by atoms with van der Waals surface area (Å²) in [6.45, 7) is 6.48. The molecule has 0 heterocycles. The Hall–Kier alpha value is -2.74. The molecule has 3 aromatic rings. The highest BCUT2D eigenvalue weighted by atomic mass is 14.6. The lowest BCUT2D eigenvalue weighted by Crippen LogP contribution is -1.97. The van der Waals surface area contributed by atoms with Crippen molar-refractivity contribution >= 4 is 11.4 Å². The van der Waals surface area contributed by atoms with Gasteiger partial charge < -0.3 is 11.5 Å². The van der Waals surface area contributed by atoms with Crippen LogP contribution in [0.2, 0.25) is 0 Å². The lowest BCUT2D eigenvalue weighted by Gasteiger charge is -2.16. The minimum Gasteiger partial charge on any atom is -0.398 e. The van der Waals surface area contributed by atoms with Crippen LogP contribution in [0.3, 0.4) is 0 Å². The molecule has 0 unspecified atom stereocenters. The highest BCUT2D eigenvalue weighted by Crippen LogP contribution is 2.36. The third kappa shape index (κ3) is 3.00. The Balaban J connectivity index is 2.17. The molecule has 0 saturated carbocycles. The molecule has 0 bridgehead atoms. The highest BCUT2D eigenvalue weighted by molar-refractivity contribution is 5.88. The van der Waals surface area contributed by atoms with Crippen molar-refractivity contribution in [3.8, 4) is 22.3 Å². The summed E-state index contributed by atoms with van der Waals surface area (Å²) >= 11 is 0. The quantitative estimate of drug-likeness (QED) is 0.616. The number of hydrogen-bond acceptors (Lipinski definition) is 2. The van der Waals surface area contributed by atoms with Gasteiger partial charge in [-0.25, -0.2) is 0 Å². The molecule has 0 radical (unpaired) electrons. The molecule has 4 N–H and O–H groups in total. The Morgan fingerprint density at radius 1 is 0.708 bits per heavy atom. The van der Waals surface area contributed by atoms with Crippen molar-refractivity contribution in [2.24, 2.45) is 0 Å².